The van der Waals surface area contributed by atoms with E-state index >= 15 is 0 Å². The van der Waals surface area contributed by atoms with Gasteiger partial charge >= 0.3 is 0 Å². The summed E-state index contributed by atoms with van der Waals surface area (Å²) in [5.41, 5.74) is 0.416. The van der Waals surface area contributed by atoms with Crippen molar-refractivity contribution in [2.45, 2.75) is 32.2 Å². The Bertz CT molecular complexity index is 351. The molecule has 15 heavy (non-hydrogen) atoms. The van der Waals surface area contributed by atoms with Crippen LogP contribution in [-0.2, 0) is 0 Å². The molecule has 1 fully saturated rings. The Hall–Kier alpha value is -1.12. The maximum atomic E-state index is 13.5. The Labute approximate surface area is 88.7 Å². The van der Waals surface area contributed by atoms with Gasteiger partial charge in [0.15, 0.2) is 0 Å². The first-order valence-electron chi connectivity index (χ1n) is 5.44. The summed E-state index contributed by atoms with van der Waals surface area (Å²) in [6.07, 6.45) is 3.12. The van der Waals surface area contributed by atoms with Crippen LogP contribution >= 0.6 is 0 Å². The standard InChI is InChI=1S/C12H15F2N/c1-2-10-4-3-7-15(10)12-8-9(13)5-6-11(12)14/h5-6,8,10H,2-4,7H2,1H3. The van der Waals surface area contributed by atoms with Crippen LogP contribution in [0, 0.1) is 11.6 Å². The third kappa shape index (κ3) is 1.96. The van der Waals surface area contributed by atoms with Gasteiger partial charge in [-0.1, -0.05) is 6.92 Å². The van der Waals surface area contributed by atoms with E-state index in [0.717, 1.165) is 31.9 Å². The Kier molecular flexibility index (Phi) is 2.89. The first kappa shape index (κ1) is 10.4. The highest BCUT2D eigenvalue weighted by Crippen LogP contribution is 2.29. The number of hydrogen-bond donors (Lipinski definition) is 0. The second-order valence-corrected chi connectivity index (χ2v) is 3.99. The van der Waals surface area contributed by atoms with E-state index in [1.165, 1.54) is 12.1 Å². The number of rotatable bonds is 2. The molecule has 1 atom stereocenters. The molecule has 1 unspecified atom stereocenters. The topological polar surface area (TPSA) is 3.24 Å². The minimum absolute atomic E-state index is 0.322. The average Bonchev–Trinajstić information content (AvgIpc) is 2.69. The summed E-state index contributed by atoms with van der Waals surface area (Å²) in [5, 5.41) is 0. The Balaban J connectivity index is 2.31. The van der Waals surface area contributed by atoms with Crippen molar-refractivity contribution in [2.24, 2.45) is 0 Å². The molecule has 1 aromatic rings. The quantitative estimate of drug-likeness (QED) is 0.725. The molecule has 0 radical (unpaired) electrons. The van der Waals surface area contributed by atoms with E-state index in [2.05, 4.69) is 6.92 Å². The molecule has 82 valence electrons. The molecule has 3 heteroatoms. The zero-order valence-electron chi connectivity index (χ0n) is 8.84. The molecule has 2 rings (SSSR count). The van der Waals surface area contributed by atoms with Gasteiger partial charge in [0.1, 0.15) is 11.6 Å². The molecule has 1 aliphatic rings. The predicted molar refractivity (Wildman–Crippen MR) is 57.0 cm³/mol. The molecule has 0 aromatic heterocycles. The molecular weight excluding hydrogens is 196 g/mol. The fourth-order valence-corrected chi connectivity index (χ4v) is 2.28. The largest absolute Gasteiger partial charge is 0.366 e. The summed E-state index contributed by atoms with van der Waals surface area (Å²) in [6.45, 7) is 2.92. The molecule has 0 bridgehead atoms. The van der Waals surface area contributed by atoms with Crippen LogP contribution in [0.2, 0.25) is 0 Å². The molecule has 1 heterocycles. The van der Waals surface area contributed by atoms with E-state index in [4.69, 9.17) is 0 Å². The first-order valence-corrected chi connectivity index (χ1v) is 5.44. The van der Waals surface area contributed by atoms with Gasteiger partial charge in [-0.3, -0.25) is 0 Å². The van der Waals surface area contributed by atoms with Crippen molar-refractivity contribution in [3.05, 3.63) is 29.8 Å². The van der Waals surface area contributed by atoms with E-state index in [1.807, 2.05) is 4.90 Å². The Morgan fingerprint density at radius 2 is 2.20 bits per heavy atom. The summed E-state index contributed by atoms with van der Waals surface area (Å²) in [6, 6.07) is 4.02. The highest BCUT2D eigenvalue weighted by Gasteiger charge is 2.25. The van der Waals surface area contributed by atoms with Gasteiger partial charge in [-0.05, 0) is 31.4 Å². The summed E-state index contributed by atoms with van der Waals surface area (Å²) < 4.78 is 26.6. The monoisotopic (exact) mass is 211 g/mol. The van der Waals surface area contributed by atoms with Gasteiger partial charge in [-0.2, -0.15) is 0 Å². The molecule has 1 saturated heterocycles. The van der Waals surface area contributed by atoms with Crippen molar-refractivity contribution in [2.75, 3.05) is 11.4 Å². The fourth-order valence-electron chi connectivity index (χ4n) is 2.28. The van der Waals surface area contributed by atoms with Crippen LogP contribution in [0.3, 0.4) is 0 Å². The lowest BCUT2D eigenvalue weighted by molar-refractivity contribution is 0.580. The van der Waals surface area contributed by atoms with Crippen molar-refractivity contribution in [1.29, 1.82) is 0 Å². The van der Waals surface area contributed by atoms with Crippen molar-refractivity contribution < 1.29 is 8.78 Å². The molecule has 1 nitrogen and oxygen atoms in total. The highest BCUT2D eigenvalue weighted by atomic mass is 19.1. The number of halogens is 2. The zero-order valence-corrected chi connectivity index (χ0v) is 8.84. The fraction of sp³-hybridized carbons (Fsp3) is 0.500. The second-order valence-electron chi connectivity index (χ2n) is 3.99. The van der Waals surface area contributed by atoms with Crippen molar-refractivity contribution in [1.82, 2.24) is 0 Å². The third-order valence-electron chi connectivity index (χ3n) is 3.07. The highest BCUT2D eigenvalue weighted by molar-refractivity contribution is 5.49. The van der Waals surface area contributed by atoms with Crippen LogP contribution in [0.5, 0.6) is 0 Å². The minimum Gasteiger partial charge on any atom is -0.366 e. The lowest BCUT2D eigenvalue weighted by Crippen LogP contribution is -2.29. The molecular formula is C12H15F2N. The molecule has 0 saturated carbocycles. The van der Waals surface area contributed by atoms with Gasteiger partial charge in [0.25, 0.3) is 0 Å². The summed E-state index contributed by atoms with van der Waals surface area (Å²) in [4.78, 5) is 1.98. The average molecular weight is 211 g/mol. The molecule has 0 aliphatic carbocycles. The van der Waals surface area contributed by atoms with E-state index in [-0.39, 0.29) is 11.6 Å². The van der Waals surface area contributed by atoms with E-state index in [0.29, 0.717) is 11.7 Å². The normalized spacial score (nSPS) is 21.0. The zero-order chi connectivity index (χ0) is 10.8. The first-order chi connectivity index (χ1) is 7.22. The van der Waals surface area contributed by atoms with Gasteiger partial charge < -0.3 is 4.90 Å². The van der Waals surface area contributed by atoms with Gasteiger partial charge in [0.05, 0.1) is 5.69 Å². The molecule has 0 spiro atoms. The van der Waals surface area contributed by atoms with Crippen molar-refractivity contribution in [3.63, 3.8) is 0 Å². The third-order valence-corrected chi connectivity index (χ3v) is 3.07. The van der Waals surface area contributed by atoms with Gasteiger partial charge in [0.2, 0.25) is 0 Å². The SMILES string of the molecule is CCC1CCCN1c1cc(F)ccc1F. The van der Waals surface area contributed by atoms with Crippen LogP contribution in [-0.4, -0.2) is 12.6 Å². The Morgan fingerprint density at radius 1 is 1.40 bits per heavy atom. The lowest BCUT2D eigenvalue weighted by atomic mass is 10.1. The number of anilines is 1. The van der Waals surface area contributed by atoms with Crippen LogP contribution in [0.15, 0.2) is 18.2 Å². The van der Waals surface area contributed by atoms with Crippen LogP contribution in [0.4, 0.5) is 14.5 Å². The number of benzene rings is 1. The van der Waals surface area contributed by atoms with Crippen LogP contribution < -0.4 is 4.90 Å². The smallest absolute Gasteiger partial charge is 0.146 e. The number of nitrogens with zero attached hydrogens (tertiary/aromatic N) is 1. The summed E-state index contributed by atoms with van der Waals surface area (Å²) in [7, 11) is 0. The lowest BCUT2D eigenvalue weighted by Gasteiger charge is -2.26. The summed E-state index contributed by atoms with van der Waals surface area (Å²) >= 11 is 0. The van der Waals surface area contributed by atoms with E-state index in [1.54, 1.807) is 0 Å². The summed E-state index contributed by atoms with van der Waals surface area (Å²) in [5.74, 6) is -0.690. The van der Waals surface area contributed by atoms with Gasteiger partial charge in [-0.25, -0.2) is 8.78 Å². The Morgan fingerprint density at radius 3 is 2.93 bits per heavy atom. The van der Waals surface area contributed by atoms with Gasteiger partial charge in [-0.15, -0.1) is 0 Å². The predicted octanol–water partition coefficient (Wildman–Crippen LogP) is 3.34. The molecule has 0 N–H and O–H groups in total. The molecule has 1 aromatic carbocycles. The van der Waals surface area contributed by atoms with Gasteiger partial charge in [0, 0.05) is 18.7 Å². The van der Waals surface area contributed by atoms with E-state index < -0.39 is 0 Å². The maximum absolute atomic E-state index is 13.5. The second kappa shape index (κ2) is 4.17. The molecule has 1 aliphatic heterocycles. The molecule has 0 amide bonds. The van der Waals surface area contributed by atoms with Crippen LogP contribution in [0.25, 0.3) is 0 Å². The minimum atomic E-state index is -0.367. The van der Waals surface area contributed by atoms with Crippen molar-refractivity contribution in [3.8, 4) is 0 Å². The van der Waals surface area contributed by atoms with Crippen LogP contribution in [0.1, 0.15) is 26.2 Å². The number of hydrogen-bond acceptors (Lipinski definition) is 1. The maximum Gasteiger partial charge on any atom is 0.146 e. The van der Waals surface area contributed by atoms with E-state index in [9.17, 15) is 8.78 Å². The van der Waals surface area contributed by atoms with Crippen molar-refractivity contribution >= 4 is 5.69 Å².